The molecule has 0 amide bonds. The molecule has 2 unspecified atom stereocenters. The van der Waals surface area contributed by atoms with Crippen molar-refractivity contribution in [1.29, 1.82) is 0 Å². The molecule has 2 atom stereocenters. The Kier molecular flexibility index (Phi) is 2.85. The number of rotatable bonds is 2. The number of Topliss-reactive ketones (excluding diaryl/α,β-unsaturated/α-hetero) is 1. The lowest BCUT2D eigenvalue weighted by atomic mass is 9.79. The third kappa shape index (κ3) is 1.67. The molecule has 1 aliphatic carbocycles. The van der Waals surface area contributed by atoms with Crippen LogP contribution >= 0.6 is 0 Å². The number of carbonyl (C=O) groups is 1. The molecule has 0 radical (unpaired) electrons. The van der Waals surface area contributed by atoms with Gasteiger partial charge in [0.25, 0.3) is 0 Å². The van der Waals surface area contributed by atoms with Crippen LogP contribution in [0.3, 0.4) is 0 Å². The third-order valence-electron chi connectivity index (χ3n) is 2.49. The Balaban J connectivity index is 2.67. The van der Waals surface area contributed by atoms with Crippen LogP contribution in [0.2, 0.25) is 0 Å². The van der Waals surface area contributed by atoms with E-state index in [9.17, 15) is 15.0 Å². The van der Waals surface area contributed by atoms with E-state index in [0.29, 0.717) is 19.3 Å². The van der Waals surface area contributed by atoms with E-state index in [1.807, 2.05) is 6.92 Å². The van der Waals surface area contributed by atoms with Crippen LogP contribution in [-0.4, -0.2) is 27.7 Å². The van der Waals surface area contributed by atoms with Crippen LogP contribution in [0.4, 0.5) is 0 Å². The van der Waals surface area contributed by atoms with E-state index in [2.05, 4.69) is 0 Å². The normalized spacial score (nSPS) is 36.9. The maximum Gasteiger partial charge on any atom is 0.192 e. The van der Waals surface area contributed by atoms with Gasteiger partial charge < -0.3 is 10.2 Å². The number of hydrogen-bond acceptors (Lipinski definition) is 3. The van der Waals surface area contributed by atoms with E-state index in [0.717, 1.165) is 12.8 Å². The molecule has 0 aromatic rings. The van der Waals surface area contributed by atoms with Crippen molar-refractivity contribution in [3.63, 3.8) is 0 Å². The van der Waals surface area contributed by atoms with Gasteiger partial charge in [0.15, 0.2) is 5.78 Å². The van der Waals surface area contributed by atoms with E-state index < -0.39 is 11.7 Å². The van der Waals surface area contributed by atoms with Crippen LogP contribution in [-0.2, 0) is 4.79 Å². The molecule has 1 saturated carbocycles. The Hall–Kier alpha value is -0.410. The maximum atomic E-state index is 11.3. The molecule has 0 aliphatic heterocycles. The minimum Gasteiger partial charge on any atom is -0.385 e. The van der Waals surface area contributed by atoms with Crippen LogP contribution in [0.25, 0.3) is 0 Å². The second-order valence-electron chi connectivity index (χ2n) is 3.55. The number of ketones is 1. The topological polar surface area (TPSA) is 57.5 Å². The fraction of sp³-hybridized carbons (Fsp3) is 0.889. The molecule has 0 bridgehead atoms. The first-order valence-corrected chi connectivity index (χ1v) is 4.55. The first-order valence-electron chi connectivity index (χ1n) is 4.55. The van der Waals surface area contributed by atoms with Crippen molar-refractivity contribution in [2.45, 2.75) is 50.7 Å². The number of aliphatic hydroxyl groups is 2. The Bertz CT molecular complexity index is 175. The maximum absolute atomic E-state index is 11.3. The van der Waals surface area contributed by atoms with Gasteiger partial charge >= 0.3 is 0 Å². The summed E-state index contributed by atoms with van der Waals surface area (Å²) in [5.41, 5.74) is -1.23. The first-order chi connectivity index (χ1) is 5.60. The van der Waals surface area contributed by atoms with Crippen LogP contribution in [0, 0.1) is 0 Å². The molecule has 0 aromatic heterocycles. The van der Waals surface area contributed by atoms with Crippen LogP contribution in [0.15, 0.2) is 0 Å². The predicted molar refractivity (Wildman–Crippen MR) is 44.7 cm³/mol. The summed E-state index contributed by atoms with van der Waals surface area (Å²) in [6.45, 7) is 1.92. The van der Waals surface area contributed by atoms with E-state index in [1.165, 1.54) is 0 Å². The van der Waals surface area contributed by atoms with Gasteiger partial charge in [-0.2, -0.15) is 0 Å². The number of hydrogen-bond donors (Lipinski definition) is 2. The lowest BCUT2D eigenvalue weighted by molar-refractivity contribution is -0.152. The molecule has 1 fully saturated rings. The van der Waals surface area contributed by atoms with Gasteiger partial charge in [-0.25, -0.2) is 0 Å². The van der Waals surface area contributed by atoms with E-state index >= 15 is 0 Å². The molecule has 0 saturated heterocycles. The molecule has 3 nitrogen and oxygen atoms in total. The summed E-state index contributed by atoms with van der Waals surface area (Å²) in [4.78, 5) is 11.3. The zero-order chi connectivity index (χ0) is 9.19. The van der Waals surface area contributed by atoms with Gasteiger partial charge in [0.05, 0.1) is 0 Å². The molecule has 0 aromatic carbocycles. The molecule has 2 N–H and O–H groups in total. The lowest BCUT2D eigenvalue weighted by Crippen LogP contribution is -2.48. The Morgan fingerprint density at radius 3 is 2.92 bits per heavy atom. The Labute approximate surface area is 72.4 Å². The van der Waals surface area contributed by atoms with Crippen molar-refractivity contribution < 1.29 is 15.0 Å². The highest BCUT2D eigenvalue weighted by Crippen LogP contribution is 2.28. The summed E-state index contributed by atoms with van der Waals surface area (Å²) in [6.07, 6.45) is 2.07. The van der Waals surface area contributed by atoms with Crippen LogP contribution in [0.5, 0.6) is 0 Å². The van der Waals surface area contributed by atoms with Crippen molar-refractivity contribution in [3.8, 4) is 0 Å². The molecule has 0 spiro atoms. The van der Waals surface area contributed by atoms with Crippen molar-refractivity contribution in [2.75, 3.05) is 0 Å². The SMILES string of the molecule is CCCC1(O)CCCC(O)C1=O. The Morgan fingerprint density at radius 2 is 2.33 bits per heavy atom. The largest absolute Gasteiger partial charge is 0.385 e. The molecule has 1 rings (SSSR count). The number of carbonyl (C=O) groups excluding carboxylic acids is 1. The molecule has 12 heavy (non-hydrogen) atoms. The summed E-state index contributed by atoms with van der Waals surface area (Å²) in [7, 11) is 0. The summed E-state index contributed by atoms with van der Waals surface area (Å²) in [5, 5.41) is 19.0. The quantitative estimate of drug-likeness (QED) is 0.642. The van der Waals surface area contributed by atoms with E-state index in [1.54, 1.807) is 0 Å². The van der Waals surface area contributed by atoms with Crippen molar-refractivity contribution in [2.24, 2.45) is 0 Å². The summed E-state index contributed by atoms with van der Waals surface area (Å²) >= 11 is 0. The van der Waals surface area contributed by atoms with E-state index in [4.69, 9.17) is 0 Å². The molecule has 70 valence electrons. The van der Waals surface area contributed by atoms with Gasteiger partial charge in [0, 0.05) is 0 Å². The predicted octanol–water partition coefficient (Wildman–Crippen LogP) is 0.631. The summed E-state index contributed by atoms with van der Waals surface area (Å²) in [5.74, 6) is -0.379. The molecule has 3 heteroatoms. The summed E-state index contributed by atoms with van der Waals surface area (Å²) < 4.78 is 0. The smallest absolute Gasteiger partial charge is 0.192 e. The zero-order valence-electron chi connectivity index (χ0n) is 7.42. The highest BCUT2D eigenvalue weighted by Gasteiger charge is 2.41. The van der Waals surface area contributed by atoms with E-state index in [-0.39, 0.29) is 5.78 Å². The zero-order valence-corrected chi connectivity index (χ0v) is 7.42. The highest BCUT2D eigenvalue weighted by atomic mass is 16.3. The van der Waals surface area contributed by atoms with Crippen LogP contribution < -0.4 is 0 Å². The molecular weight excluding hydrogens is 156 g/mol. The van der Waals surface area contributed by atoms with Crippen molar-refractivity contribution in [3.05, 3.63) is 0 Å². The molecular formula is C9H16O3. The van der Waals surface area contributed by atoms with Gasteiger partial charge in [0.2, 0.25) is 0 Å². The third-order valence-corrected chi connectivity index (χ3v) is 2.49. The van der Waals surface area contributed by atoms with Gasteiger partial charge in [-0.05, 0) is 25.7 Å². The van der Waals surface area contributed by atoms with Gasteiger partial charge in [-0.3, -0.25) is 4.79 Å². The fourth-order valence-corrected chi connectivity index (χ4v) is 1.81. The first kappa shape index (κ1) is 9.68. The minimum atomic E-state index is -1.23. The number of aliphatic hydroxyl groups excluding tert-OH is 1. The standard InChI is InChI=1S/C9H16O3/c1-2-5-9(12)6-3-4-7(10)8(9)11/h7,10,12H,2-6H2,1H3. The second kappa shape index (κ2) is 3.54. The minimum absolute atomic E-state index is 0.379. The summed E-state index contributed by atoms with van der Waals surface area (Å²) in [6, 6.07) is 0. The van der Waals surface area contributed by atoms with Gasteiger partial charge in [-0.15, -0.1) is 0 Å². The molecule has 0 heterocycles. The lowest BCUT2D eigenvalue weighted by Gasteiger charge is -2.32. The van der Waals surface area contributed by atoms with Crippen molar-refractivity contribution >= 4 is 5.78 Å². The second-order valence-corrected chi connectivity index (χ2v) is 3.55. The average Bonchev–Trinajstić information content (AvgIpc) is 2.01. The average molecular weight is 172 g/mol. The van der Waals surface area contributed by atoms with Crippen LogP contribution in [0.1, 0.15) is 39.0 Å². The Morgan fingerprint density at radius 1 is 1.67 bits per heavy atom. The molecule has 1 aliphatic rings. The highest BCUT2D eigenvalue weighted by molar-refractivity contribution is 5.91. The fourth-order valence-electron chi connectivity index (χ4n) is 1.81. The van der Waals surface area contributed by atoms with Crippen molar-refractivity contribution in [1.82, 2.24) is 0 Å². The monoisotopic (exact) mass is 172 g/mol. The van der Waals surface area contributed by atoms with Gasteiger partial charge in [0.1, 0.15) is 11.7 Å². The van der Waals surface area contributed by atoms with Gasteiger partial charge in [-0.1, -0.05) is 13.3 Å².